The largest absolute Gasteiger partial charge is 0.438 e. The van der Waals surface area contributed by atoms with Crippen molar-refractivity contribution in [2.45, 2.75) is 19.3 Å². The molecular weight excluding hydrogens is 817 g/mol. The van der Waals surface area contributed by atoms with E-state index in [1.54, 1.807) is 6.20 Å². The molecule has 5 heteroatoms. The predicted octanol–water partition coefficient (Wildman–Crippen LogP) is 16.0. The lowest BCUT2D eigenvalue weighted by Crippen LogP contribution is -2.16. The van der Waals surface area contributed by atoms with Crippen molar-refractivity contribution < 1.29 is 4.74 Å². The number of pyridine rings is 1. The first-order valence-electron chi connectivity index (χ1n) is 22.9. The zero-order chi connectivity index (χ0) is 44.4. The van der Waals surface area contributed by atoms with Gasteiger partial charge in [-0.3, -0.25) is 4.57 Å². The highest BCUT2D eigenvalue weighted by molar-refractivity contribution is 6.12. The van der Waals surface area contributed by atoms with Crippen LogP contribution in [0.5, 0.6) is 11.6 Å². The summed E-state index contributed by atoms with van der Waals surface area (Å²) < 4.78 is 8.74. The third-order valence-corrected chi connectivity index (χ3v) is 14.2. The highest BCUT2D eigenvalue weighted by Gasteiger charge is 2.39. The van der Waals surface area contributed by atoms with Crippen LogP contribution in [0.4, 0.5) is 0 Å². The topological polar surface area (TPSA) is 52.8 Å². The molecule has 3 aromatic heterocycles. The smallest absolute Gasteiger partial charge is 0.227 e. The van der Waals surface area contributed by atoms with Gasteiger partial charge in [-0.1, -0.05) is 153 Å². The Hall–Kier alpha value is -8.67. The second-order valence-electron chi connectivity index (χ2n) is 18.4. The van der Waals surface area contributed by atoms with Gasteiger partial charge < -0.3 is 4.74 Å². The van der Waals surface area contributed by atoms with Crippen molar-refractivity contribution in [1.29, 1.82) is 0 Å². The van der Waals surface area contributed by atoms with Crippen LogP contribution >= 0.6 is 0 Å². The van der Waals surface area contributed by atoms with Crippen LogP contribution in [0.1, 0.15) is 25.0 Å². The molecule has 0 N–H and O–H groups in total. The van der Waals surface area contributed by atoms with Crippen molar-refractivity contribution in [3.8, 4) is 84.6 Å². The monoisotopic (exact) mass is 856 g/mol. The molecule has 2 aliphatic rings. The minimum Gasteiger partial charge on any atom is -0.438 e. The molecule has 0 bridgehead atoms. The summed E-state index contributed by atoms with van der Waals surface area (Å²) in [5.74, 6) is 3.00. The standard InChI is InChI=1S/C62H40N4O/c1-62(2)52-29-27-41(33-49(52)51-35-50-47-21-12-30-63-61(47)67-56-23-11-20-48(58(50)56)59(51)62)42-26-28-46-45-19-8-9-22-54(45)66(55(46)34-42)57-36-53(43-18-10-17-40(31-43)37-13-4-3-5-14-37)64-60(65-57)44-25-24-38-15-6-7-16-39(38)32-44/h3-36H,1-2H3. The minimum atomic E-state index is -0.222. The number of nitrogens with zero attached hydrogens (tertiary/aromatic N) is 4. The molecule has 4 heterocycles. The third-order valence-electron chi connectivity index (χ3n) is 14.2. The highest BCUT2D eigenvalue weighted by atomic mass is 16.5. The molecule has 1 aliphatic carbocycles. The normalized spacial score (nSPS) is 13.2. The van der Waals surface area contributed by atoms with E-state index in [0.717, 1.165) is 83.6 Å². The van der Waals surface area contributed by atoms with E-state index in [2.05, 4.69) is 218 Å². The van der Waals surface area contributed by atoms with Crippen molar-refractivity contribution in [2.75, 3.05) is 0 Å². The van der Waals surface area contributed by atoms with Crippen LogP contribution in [-0.4, -0.2) is 19.5 Å². The maximum Gasteiger partial charge on any atom is 0.227 e. The summed E-state index contributed by atoms with van der Waals surface area (Å²) >= 11 is 0. The molecule has 1 aliphatic heterocycles. The zero-order valence-electron chi connectivity index (χ0n) is 36.8. The lowest BCUT2D eigenvalue weighted by atomic mass is 9.79. The van der Waals surface area contributed by atoms with Crippen LogP contribution in [0.2, 0.25) is 0 Å². The van der Waals surface area contributed by atoms with E-state index in [0.29, 0.717) is 11.7 Å². The van der Waals surface area contributed by atoms with Gasteiger partial charge in [0.25, 0.3) is 0 Å². The van der Waals surface area contributed by atoms with Gasteiger partial charge in [0.1, 0.15) is 11.6 Å². The Morgan fingerprint density at radius 2 is 1.18 bits per heavy atom. The van der Waals surface area contributed by atoms with Crippen LogP contribution in [-0.2, 0) is 5.41 Å². The Balaban J connectivity index is 0.967. The van der Waals surface area contributed by atoms with Crippen LogP contribution in [0.15, 0.2) is 206 Å². The summed E-state index contributed by atoms with van der Waals surface area (Å²) in [4.78, 5) is 15.4. The Labute approximate surface area is 387 Å². The summed E-state index contributed by atoms with van der Waals surface area (Å²) in [7, 11) is 0. The molecule has 314 valence electrons. The molecule has 12 aromatic rings. The first-order chi connectivity index (χ1) is 32.9. The maximum atomic E-state index is 6.40. The average molecular weight is 857 g/mol. The molecule has 67 heavy (non-hydrogen) atoms. The van der Waals surface area contributed by atoms with E-state index in [-0.39, 0.29) is 5.41 Å². The Morgan fingerprint density at radius 3 is 2.10 bits per heavy atom. The summed E-state index contributed by atoms with van der Waals surface area (Å²) in [5.41, 5.74) is 16.8. The number of aromatic nitrogens is 4. The molecule has 0 radical (unpaired) electrons. The van der Waals surface area contributed by atoms with E-state index < -0.39 is 0 Å². The SMILES string of the molecule is CC1(C)c2ccc(-c3ccc4c5ccccc5n(-c5cc(-c6cccc(-c7ccccc7)c6)nc(-c6ccc7ccccc7c6)n5)c4c3)cc2-c2cc3c4c(cccc4c21)Oc1ncccc1-3. The maximum absolute atomic E-state index is 6.40. The number of fused-ring (bicyclic) bond motifs is 10. The lowest BCUT2D eigenvalue weighted by molar-refractivity contribution is 0.467. The van der Waals surface area contributed by atoms with Crippen molar-refractivity contribution in [2.24, 2.45) is 0 Å². The molecule has 14 rings (SSSR count). The number of hydrogen-bond donors (Lipinski definition) is 0. The van der Waals surface area contributed by atoms with Gasteiger partial charge in [0.15, 0.2) is 5.82 Å². The second-order valence-corrected chi connectivity index (χ2v) is 18.4. The summed E-state index contributed by atoms with van der Waals surface area (Å²) in [6, 6.07) is 71.9. The molecular formula is C62H40N4O. The number of para-hydroxylation sites is 1. The van der Waals surface area contributed by atoms with Crippen molar-refractivity contribution in [3.63, 3.8) is 0 Å². The van der Waals surface area contributed by atoms with Gasteiger partial charge in [-0.05, 0) is 121 Å². The quantitative estimate of drug-likeness (QED) is 0.173. The number of benzene rings is 9. The fourth-order valence-electron chi connectivity index (χ4n) is 11.1. The van der Waals surface area contributed by atoms with Gasteiger partial charge in [0, 0.05) is 50.5 Å². The van der Waals surface area contributed by atoms with Crippen LogP contribution in [0.3, 0.4) is 0 Å². The van der Waals surface area contributed by atoms with Gasteiger partial charge in [-0.2, -0.15) is 0 Å². The molecule has 0 atom stereocenters. The van der Waals surface area contributed by atoms with Crippen molar-refractivity contribution in [1.82, 2.24) is 19.5 Å². The highest BCUT2D eigenvalue weighted by Crippen LogP contribution is 2.57. The zero-order valence-corrected chi connectivity index (χ0v) is 36.8. The molecule has 0 unspecified atom stereocenters. The molecule has 9 aromatic carbocycles. The fraction of sp³-hybridized carbons (Fsp3) is 0.0484. The Kier molecular flexibility index (Phi) is 7.97. The summed E-state index contributed by atoms with van der Waals surface area (Å²) in [6.45, 7) is 4.71. The molecule has 0 saturated carbocycles. The van der Waals surface area contributed by atoms with Gasteiger partial charge in [-0.15, -0.1) is 0 Å². The second kappa shape index (κ2) is 14.2. The first kappa shape index (κ1) is 37.7. The van der Waals surface area contributed by atoms with Crippen molar-refractivity contribution in [3.05, 3.63) is 218 Å². The van der Waals surface area contributed by atoms with Crippen molar-refractivity contribution >= 4 is 43.4 Å². The molecule has 0 fully saturated rings. The summed E-state index contributed by atoms with van der Waals surface area (Å²) in [6.07, 6.45) is 1.80. The van der Waals surface area contributed by atoms with E-state index in [1.165, 1.54) is 43.8 Å². The summed E-state index contributed by atoms with van der Waals surface area (Å²) in [5, 5.41) is 7.05. The molecule has 5 nitrogen and oxygen atoms in total. The number of rotatable bonds is 5. The lowest BCUT2D eigenvalue weighted by Gasteiger charge is -2.26. The minimum absolute atomic E-state index is 0.222. The molecule has 0 saturated heterocycles. The third kappa shape index (κ3) is 5.71. The predicted molar refractivity (Wildman–Crippen MR) is 274 cm³/mol. The van der Waals surface area contributed by atoms with Gasteiger partial charge >= 0.3 is 0 Å². The Morgan fingerprint density at radius 1 is 0.448 bits per heavy atom. The fourth-order valence-corrected chi connectivity index (χ4v) is 11.1. The van der Waals surface area contributed by atoms with Crippen LogP contribution in [0.25, 0.3) is 116 Å². The van der Waals surface area contributed by atoms with Gasteiger partial charge in [-0.25, -0.2) is 15.0 Å². The molecule has 0 spiro atoms. The van der Waals surface area contributed by atoms with E-state index in [1.807, 2.05) is 6.07 Å². The average Bonchev–Trinajstić information content (AvgIpc) is 3.83. The van der Waals surface area contributed by atoms with Crippen LogP contribution < -0.4 is 4.74 Å². The Bertz CT molecular complexity index is 4050. The van der Waals surface area contributed by atoms with Crippen LogP contribution in [0, 0.1) is 0 Å². The van der Waals surface area contributed by atoms with E-state index in [9.17, 15) is 0 Å². The van der Waals surface area contributed by atoms with Gasteiger partial charge in [0.05, 0.1) is 16.7 Å². The van der Waals surface area contributed by atoms with Gasteiger partial charge in [0.2, 0.25) is 5.88 Å². The number of hydrogen-bond acceptors (Lipinski definition) is 4. The number of ether oxygens (including phenoxy) is 1. The van der Waals surface area contributed by atoms with E-state index in [4.69, 9.17) is 14.7 Å². The molecule has 0 amide bonds. The first-order valence-corrected chi connectivity index (χ1v) is 22.9. The van der Waals surface area contributed by atoms with E-state index >= 15 is 0 Å².